The zero-order valence-electron chi connectivity index (χ0n) is 14.4. The van der Waals surface area contributed by atoms with E-state index in [2.05, 4.69) is 10.6 Å². The molecule has 6 heteroatoms. The van der Waals surface area contributed by atoms with Crippen LogP contribution in [-0.4, -0.2) is 43.4 Å². The van der Waals surface area contributed by atoms with Gasteiger partial charge in [0.15, 0.2) is 0 Å². The Morgan fingerprint density at radius 3 is 2.52 bits per heavy atom. The van der Waals surface area contributed by atoms with E-state index in [4.69, 9.17) is 9.47 Å². The SMILES string of the molecule is Cl.O=C(NC1CC2CCC(C1)N2)c1ccc(OCC2CCCO2)cc1. The standard InChI is InChI=1S/C19H26N2O3.ClH/c22-19(21-16-10-14-5-6-15(11-16)20-14)13-3-7-17(8-4-13)24-12-18-2-1-9-23-18;/h3-4,7-8,14-16,18,20H,1-2,5-6,9-12H2,(H,21,22);1H. The van der Waals surface area contributed by atoms with Crippen LogP contribution in [0.15, 0.2) is 24.3 Å². The Labute approximate surface area is 155 Å². The summed E-state index contributed by atoms with van der Waals surface area (Å²) in [7, 11) is 0. The van der Waals surface area contributed by atoms with Gasteiger partial charge in [-0.2, -0.15) is 0 Å². The number of carbonyl (C=O) groups excluding carboxylic acids is 1. The first-order valence-corrected chi connectivity index (χ1v) is 9.17. The molecule has 3 saturated heterocycles. The largest absolute Gasteiger partial charge is 0.491 e. The van der Waals surface area contributed by atoms with Crippen molar-refractivity contribution in [1.29, 1.82) is 0 Å². The fraction of sp³-hybridized carbons (Fsp3) is 0.632. The molecule has 2 N–H and O–H groups in total. The fourth-order valence-corrected chi connectivity index (χ4v) is 4.11. The van der Waals surface area contributed by atoms with Crippen LogP contribution in [0.3, 0.4) is 0 Å². The van der Waals surface area contributed by atoms with Crippen molar-refractivity contribution in [1.82, 2.24) is 10.6 Å². The molecule has 3 atom stereocenters. The molecule has 3 aliphatic heterocycles. The Bertz CT molecular complexity index is 563. The maximum absolute atomic E-state index is 12.4. The first-order chi connectivity index (χ1) is 11.8. The van der Waals surface area contributed by atoms with Crippen molar-refractivity contribution < 1.29 is 14.3 Å². The normalized spacial score (nSPS) is 30.6. The van der Waals surface area contributed by atoms with E-state index in [-0.39, 0.29) is 24.4 Å². The van der Waals surface area contributed by atoms with Crippen LogP contribution in [0.25, 0.3) is 0 Å². The summed E-state index contributed by atoms with van der Waals surface area (Å²) in [4.78, 5) is 12.4. The van der Waals surface area contributed by atoms with Crippen molar-refractivity contribution in [3.63, 3.8) is 0 Å². The van der Waals surface area contributed by atoms with Gasteiger partial charge in [-0.1, -0.05) is 0 Å². The number of carbonyl (C=O) groups is 1. The number of hydrogen-bond acceptors (Lipinski definition) is 4. The lowest BCUT2D eigenvalue weighted by Gasteiger charge is -2.29. The predicted molar refractivity (Wildman–Crippen MR) is 98.6 cm³/mol. The summed E-state index contributed by atoms with van der Waals surface area (Å²) in [6.07, 6.45) is 6.98. The van der Waals surface area contributed by atoms with E-state index in [9.17, 15) is 4.79 Å². The molecule has 5 nitrogen and oxygen atoms in total. The molecule has 1 aromatic carbocycles. The lowest BCUT2D eigenvalue weighted by molar-refractivity contribution is 0.0679. The number of rotatable bonds is 5. The van der Waals surface area contributed by atoms with Gasteiger partial charge in [0.1, 0.15) is 12.4 Å². The van der Waals surface area contributed by atoms with E-state index in [1.807, 2.05) is 24.3 Å². The van der Waals surface area contributed by atoms with E-state index in [0.29, 0.717) is 30.3 Å². The van der Waals surface area contributed by atoms with Gasteiger partial charge in [0.05, 0.1) is 6.10 Å². The molecule has 25 heavy (non-hydrogen) atoms. The highest BCUT2D eigenvalue weighted by molar-refractivity contribution is 5.94. The van der Waals surface area contributed by atoms with Gasteiger partial charge in [-0.3, -0.25) is 4.79 Å². The molecule has 3 unspecified atom stereocenters. The minimum absolute atomic E-state index is 0. The van der Waals surface area contributed by atoms with E-state index in [0.717, 1.165) is 38.0 Å². The number of amides is 1. The lowest BCUT2D eigenvalue weighted by Crippen LogP contribution is -2.48. The van der Waals surface area contributed by atoms with Gasteiger partial charge in [0, 0.05) is 30.3 Å². The molecule has 0 radical (unpaired) electrons. The van der Waals surface area contributed by atoms with Crippen LogP contribution in [0.4, 0.5) is 0 Å². The molecule has 4 rings (SSSR count). The molecule has 3 fully saturated rings. The van der Waals surface area contributed by atoms with Gasteiger partial charge < -0.3 is 20.1 Å². The Kier molecular flexibility index (Phi) is 6.20. The van der Waals surface area contributed by atoms with Crippen molar-refractivity contribution in [3.8, 4) is 5.75 Å². The molecule has 1 amide bonds. The number of hydrogen-bond donors (Lipinski definition) is 2. The minimum Gasteiger partial charge on any atom is -0.491 e. The van der Waals surface area contributed by atoms with Crippen LogP contribution in [0.5, 0.6) is 5.75 Å². The summed E-state index contributed by atoms with van der Waals surface area (Å²) < 4.78 is 11.3. The molecular formula is C19H27ClN2O3. The summed E-state index contributed by atoms with van der Waals surface area (Å²) in [5.74, 6) is 0.814. The van der Waals surface area contributed by atoms with E-state index < -0.39 is 0 Å². The molecule has 3 aliphatic rings. The van der Waals surface area contributed by atoms with Gasteiger partial charge in [-0.25, -0.2) is 0 Å². The number of fused-ring (bicyclic) bond motifs is 2. The number of ether oxygens (including phenoxy) is 2. The van der Waals surface area contributed by atoms with Crippen molar-refractivity contribution >= 4 is 18.3 Å². The van der Waals surface area contributed by atoms with Gasteiger partial charge in [0.2, 0.25) is 0 Å². The molecule has 0 aromatic heterocycles. The number of piperidine rings is 1. The summed E-state index contributed by atoms with van der Waals surface area (Å²) >= 11 is 0. The quantitative estimate of drug-likeness (QED) is 0.841. The predicted octanol–water partition coefficient (Wildman–Crippen LogP) is 2.68. The Balaban J connectivity index is 0.00000182. The van der Waals surface area contributed by atoms with E-state index in [1.165, 1.54) is 12.8 Å². The Hall–Kier alpha value is -1.30. The van der Waals surface area contributed by atoms with Crippen LogP contribution in [0, 0.1) is 0 Å². The zero-order valence-corrected chi connectivity index (χ0v) is 15.2. The molecule has 138 valence electrons. The highest BCUT2D eigenvalue weighted by Crippen LogP contribution is 2.27. The first kappa shape index (κ1) is 18.5. The van der Waals surface area contributed by atoms with Gasteiger partial charge >= 0.3 is 0 Å². The third kappa shape index (κ3) is 4.66. The second-order valence-electron chi connectivity index (χ2n) is 7.25. The topological polar surface area (TPSA) is 59.6 Å². The highest BCUT2D eigenvalue weighted by Gasteiger charge is 2.34. The molecule has 3 heterocycles. The minimum atomic E-state index is 0. The third-order valence-electron chi connectivity index (χ3n) is 5.38. The number of nitrogens with one attached hydrogen (secondary N) is 2. The average molecular weight is 367 g/mol. The Morgan fingerprint density at radius 2 is 1.88 bits per heavy atom. The van der Waals surface area contributed by atoms with Gasteiger partial charge in [-0.15, -0.1) is 12.4 Å². The molecule has 0 saturated carbocycles. The van der Waals surface area contributed by atoms with Crippen molar-refractivity contribution in [3.05, 3.63) is 29.8 Å². The summed E-state index contributed by atoms with van der Waals surface area (Å²) in [5, 5.41) is 6.79. The van der Waals surface area contributed by atoms with E-state index >= 15 is 0 Å². The van der Waals surface area contributed by atoms with Crippen LogP contribution >= 0.6 is 12.4 Å². The third-order valence-corrected chi connectivity index (χ3v) is 5.38. The monoisotopic (exact) mass is 366 g/mol. The molecule has 2 bridgehead atoms. The van der Waals surface area contributed by atoms with Gasteiger partial charge in [-0.05, 0) is 62.8 Å². The summed E-state index contributed by atoms with van der Waals surface area (Å²) in [6.45, 7) is 1.43. The van der Waals surface area contributed by atoms with Crippen LogP contribution in [0.1, 0.15) is 48.9 Å². The molecule has 0 spiro atoms. The smallest absolute Gasteiger partial charge is 0.251 e. The highest BCUT2D eigenvalue weighted by atomic mass is 35.5. The molecule has 1 aromatic rings. The number of benzene rings is 1. The summed E-state index contributed by atoms with van der Waals surface area (Å²) in [6, 6.07) is 8.90. The second-order valence-corrected chi connectivity index (χ2v) is 7.25. The van der Waals surface area contributed by atoms with Crippen LogP contribution in [0.2, 0.25) is 0 Å². The fourth-order valence-electron chi connectivity index (χ4n) is 4.11. The van der Waals surface area contributed by atoms with Crippen molar-refractivity contribution in [2.45, 2.75) is 62.8 Å². The maximum atomic E-state index is 12.4. The molecular weight excluding hydrogens is 340 g/mol. The maximum Gasteiger partial charge on any atom is 0.251 e. The first-order valence-electron chi connectivity index (χ1n) is 9.17. The number of halogens is 1. The van der Waals surface area contributed by atoms with Crippen molar-refractivity contribution in [2.24, 2.45) is 0 Å². The van der Waals surface area contributed by atoms with Crippen molar-refractivity contribution in [2.75, 3.05) is 13.2 Å². The van der Waals surface area contributed by atoms with Crippen LogP contribution < -0.4 is 15.4 Å². The van der Waals surface area contributed by atoms with Gasteiger partial charge in [0.25, 0.3) is 5.91 Å². The Morgan fingerprint density at radius 1 is 1.16 bits per heavy atom. The zero-order chi connectivity index (χ0) is 16.4. The molecule has 0 aliphatic carbocycles. The average Bonchev–Trinajstić information content (AvgIpc) is 3.23. The van der Waals surface area contributed by atoms with E-state index in [1.54, 1.807) is 0 Å². The second kappa shape index (κ2) is 8.39. The van der Waals surface area contributed by atoms with Crippen LogP contribution in [-0.2, 0) is 4.74 Å². The summed E-state index contributed by atoms with van der Waals surface area (Å²) in [5.41, 5.74) is 0.699. The lowest BCUT2D eigenvalue weighted by atomic mass is 9.99.